The summed E-state index contributed by atoms with van der Waals surface area (Å²) in [5, 5.41) is 18.9. The van der Waals surface area contributed by atoms with E-state index in [1.807, 2.05) is 22.6 Å². The minimum atomic E-state index is -1.35. The zero-order chi connectivity index (χ0) is 9.14. The van der Waals surface area contributed by atoms with Crippen LogP contribution in [-0.4, -0.2) is 5.97 Å². The van der Waals surface area contributed by atoms with E-state index in [0.717, 1.165) is 0 Å². The minimum Gasteiger partial charge on any atom is -0.545 e. The first-order chi connectivity index (χ1) is 5.66. The largest absolute Gasteiger partial charge is 0.545 e. The smallest absolute Gasteiger partial charge is 0.407 e. The highest BCUT2D eigenvalue weighted by Crippen LogP contribution is 2.25. The van der Waals surface area contributed by atoms with Crippen LogP contribution in [-0.2, 0) is 0 Å². The molecule has 1 rings (SSSR count). The Hall–Kier alpha value is -1.16. The molecule has 1 aromatic rings. The number of halogens is 1. The molecule has 0 amide bonds. The number of nitrogens with zero attached hydrogens (tertiary/aromatic N) is 2. The zero-order valence-electron chi connectivity index (χ0n) is 5.82. The molecule has 0 bridgehead atoms. The average molecular weight is 274 g/mol. The Kier molecular flexibility index (Phi) is 2.60. The Morgan fingerprint density at radius 2 is 2.25 bits per heavy atom. The lowest BCUT2D eigenvalue weighted by Gasteiger charge is -1.97. The first kappa shape index (κ1) is 8.93. The molecule has 0 radical (unpaired) electrons. The van der Waals surface area contributed by atoms with E-state index >= 15 is 0 Å². The number of hydrogen-bond acceptors (Lipinski definition) is 3. The van der Waals surface area contributed by atoms with Crippen molar-refractivity contribution in [3.63, 3.8) is 0 Å². The van der Waals surface area contributed by atoms with Crippen molar-refractivity contribution in [2.24, 2.45) is 0 Å². The van der Waals surface area contributed by atoms with E-state index in [-0.39, 0.29) is 11.3 Å². The van der Waals surface area contributed by atoms with Crippen molar-refractivity contribution in [2.75, 3.05) is 0 Å². The summed E-state index contributed by atoms with van der Waals surface area (Å²) in [5.41, 5.74) is -0.0671. The molecule has 0 atom stereocenters. The fourth-order valence-electron chi connectivity index (χ4n) is 0.782. The number of carbonyl (C=O) groups excluding carboxylic acids is 1. The third-order valence-corrected chi connectivity index (χ3v) is 2.18. The van der Waals surface area contributed by atoms with E-state index < -0.39 is 5.97 Å². The highest BCUT2D eigenvalue weighted by atomic mass is 127. The van der Waals surface area contributed by atoms with Crippen molar-refractivity contribution in [3.05, 3.63) is 32.3 Å². The van der Waals surface area contributed by atoms with Crippen molar-refractivity contribution in [2.45, 2.75) is 0 Å². The first-order valence-corrected chi connectivity index (χ1v) is 4.09. The number of benzene rings is 1. The second-order valence-corrected chi connectivity index (χ2v) is 3.19. The molecule has 0 saturated heterocycles. The Labute approximate surface area is 82.0 Å². The van der Waals surface area contributed by atoms with Crippen molar-refractivity contribution in [3.8, 4) is 0 Å². The number of carboxylic acids is 1. The summed E-state index contributed by atoms with van der Waals surface area (Å²) < 4.78 is 0.566. The Morgan fingerprint density at radius 1 is 1.58 bits per heavy atom. The Balaban J connectivity index is 3.40. The lowest BCUT2D eigenvalue weighted by molar-refractivity contribution is -0.254. The molecule has 0 saturated carbocycles. The molecule has 60 valence electrons. The van der Waals surface area contributed by atoms with Gasteiger partial charge in [-0.3, -0.25) is 0 Å². The van der Waals surface area contributed by atoms with Crippen LogP contribution >= 0.6 is 22.6 Å². The van der Waals surface area contributed by atoms with E-state index in [1.165, 1.54) is 6.07 Å². The summed E-state index contributed by atoms with van der Waals surface area (Å²) in [5.74, 6) is -1.35. The van der Waals surface area contributed by atoms with Gasteiger partial charge in [0.05, 0.1) is 11.5 Å². The predicted molar refractivity (Wildman–Crippen MR) is 48.2 cm³/mol. The molecule has 0 heterocycles. The maximum Gasteiger partial charge on any atom is 0.407 e. The second kappa shape index (κ2) is 3.49. The van der Waals surface area contributed by atoms with Crippen LogP contribution in [0.25, 0.3) is 4.98 Å². The van der Waals surface area contributed by atoms with E-state index in [0.29, 0.717) is 3.57 Å². The number of diazo groups is 1. The van der Waals surface area contributed by atoms with E-state index in [9.17, 15) is 9.90 Å². The monoisotopic (exact) mass is 274 g/mol. The normalized spacial score (nSPS) is 9.00. The molecule has 12 heavy (non-hydrogen) atoms. The summed E-state index contributed by atoms with van der Waals surface area (Å²) in [6.07, 6.45) is 0. The van der Waals surface area contributed by atoms with Crippen LogP contribution in [0.15, 0.2) is 18.2 Å². The second-order valence-electron chi connectivity index (χ2n) is 2.02. The van der Waals surface area contributed by atoms with Crippen molar-refractivity contribution >= 4 is 34.2 Å². The summed E-state index contributed by atoms with van der Waals surface area (Å²) in [4.78, 5) is 13.3. The number of rotatable bonds is 1. The van der Waals surface area contributed by atoms with Crippen molar-refractivity contribution in [1.29, 1.82) is 5.39 Å². The summed E-state index contributed by atoms with van der Waals surface area (Å²) in [6, 6.07) is 4.52. The van der Waals surface area contributed by atoms with Gasteiger partial charge in [-0.15, -0.1) is 0 Å². The summed E-state index contributed by atoms with van der Waals surface area (Å²) >= 11 is 1.87. The van der Waals surface area contributed by atoms with Crippen LogP contribution in [0.5, 0.6) is 0 Å². The highest BCUT2D eigenvalue weighted by Gasteiger charge is 2.18. The van der Waals surface area contributed by atoms with Gasteiger partial charge in [-0.1, -0.05) is 6.07 Å². The lowest BCUT2D eigenvalue weighted by atomic mass is 10.2. The standard InChI is InChI=1S/C7H3IN2O2/c8-5-3-1-2-4(7(11)12)6(5)10-9/h1-3H. The van der Waals surface area contributed by atoms with Gasteiger partial charge in [-0.2, -0.15) is 0 Å². The van der Waals surface area contributed by atoms with Gasteiger partial charge >= 0.3 is 5.69 Å². The molecular weight excluding hydrogens is 271 g/mol. The Morgan fingerprint density at radius 3 is 2.67 bits per heavy atom. The number of carboxylic acid groups (broad SMARTS) is 1. The van der Waals surface area contributed by atoms with E-state index in [1.54, 1.807) is 12.1 Å². The molecule has 1 aromatic carbocycles. The van der Waals surface area contributed by atoms with Gasteiger partial charge in [0.25, 0.3) is 0 Å². The number of carbonyl (C=O) groups is 1. The quantitative estimate of drug-likeness (QED) is 0.569. The van der Waals surface area contributed by atoms with Gasteiger partial charge in [-0.05, 0) is 34.7 Å². The molecule has 0 unspecified atom stereocenters. The van der Waals surface area contributed by atoms with Crippen LogP contribution < -0.4 is 5.11 Å². The summed E-state index contributed by atoms with van der Waals surface area (Å²) in [6.45, 7) is 0. The third kappa shape index (κ3) is 1.53. The first-order valence-electron chi connectivity index (χ1n) is 3.01. The van der Waals surface area contributed by atoms with Crippen molar-refractivity contribution < 1.29 is 9.90 Å². The third-order valence-electron chi connectivity index (χ3n) is 1.31. The van der Waals surface area contributed by atoms with Gasteiger partial charge in [0, 0.05) is 0 Å². The SMILES string of the molecule is N#[N+]c1c(I)cccc1C(=O)[O-]. The summed E-state index contributed by atoms with van der Waals surface area (Å²) in [7, 11) is 0. The number of hydrogen-bond donors (Lipinski definition) is 0. The maximum atomic E-state index is 10.4. The maximum absolute atomic E-state index is 10.4. The van der Waals surface area contributed by atoms with Gasteiger partial charge in [0.1, 0.15) is 3.57 Å². The van der Waals surface area contributed by atoms with Gasteiger partial charge < -0.3 is 9.90 Å². The fraction of sp³-hybridized carbons (Fsp3) is 0. The molecule has 0 aromatic heterocycles. The molecule has 0 aliphatic rings. The lowest BCUT2D eigenvalue weighted by Crippen LogP contribution is -2.22. The number of aromatic carboxylic acids is 1. The highest BCUT2D eigenvalue weighted by molar-refractivity contribution is 14.1. The fourth-order valence-corrected chi connectivity index (χ4v) is 1.39. The van der Waals surface area contributed by atoms with Crippen LogP contribution in [0.3, 0.4) is 0 Å². The van der Waals surface area contributed by atoms with Crippen LogP contribution in [0.1, 0.15) is 10.4 Å². The molecule has 0 fully saturated rings. The van der Waals surface area contributed by atoms with Crippen LogP contribution in [0.4, 0.5) is 5.69 Å². The zero-order valence-corrected chi connectivity index (χ0v) is 7.98. The van der Waals surface area contributed by atoms with Gasteiger partial charge in [0.2, 0.25) is 5.39 Å². The molecule has 0 aliphatic heterocycles. The topological polar surface area (TPSA) is 68.3 Å². The van der Waals surface area contributed by atoms with Gasteiger partial charge in [0.15, 0.2) is 4.98 Å². The van der Waals surface area contributed by atoms with Crippen LogP contribution in [0, 0.1) is 8.96 Å². The average Bonchev–Trinajstić information content (AvgIpc) is 2.03. The molecule has 4 nitrogen and oxygen atoms in total. The minimum absolute atomic E-state index is 0.0399. The molecule has 0 spiro atoms. The predicted octanol–water partition coefficient (Wildman–Crippen LogP) is 1.14. The molecule has 0 N–H and O–H groups in total. The van der Waals surface area contributed by atoms with Crippen molar-refractivity contribution in [1.82, 2.24) is 0 Å². The Bertz CT molecular complexity index is 370. The van der Waals surface area contributed by atoms with Crippen LogP contribution in [0.2, 0.25) is 0 Å². The van der Waals surface area contributed by atoms with E-state index in [4.69, 9.17) is 5.39 Å². The molecule has 0 aliphatic carbocycles. The van der Waals surface area contributed by atoms with Gasteiger partial charge in [-0.25, -0.2) is 0 Å². The molecule has 5 heteroatoms. The van der Waals surface area contributed by atoms with E-state index in [2.05, 4.69) is 4.98 Å². The molecular formula is C7H3IN2O2.